The van der Waals surface area contributed by atoms with Gasteiger partial charge in [0.15, 0.2) is 0 Å². The Morgan fingerprint density at radius 2 is 1.82 bits per heavy atom. The zero-order valence-corrected chi connectivity index (χ0v) is 27.8. The van der Waals surface area contributed by atoms with E-state index in [9.17, 15) is 9.90 Å². The molecule has 45 heavy (non-hydrogen) atoms. The minimum atomic E-state index is -0.912. The molecule has 1 aliphatic carbocycles. The predicted octanol–water partition coefficient (Wildman–Crippen LogP) is 4.21. The number of likely N-dealkylation sites (tertiary alicyclic amines) is 1. The molecule has 2 aliphatic heterocycles. The van der Waals surface area contributed by atoms with Gasteiger partial charge in [-0.05, 0) is 49.9 Å². The van der Waals surface area contributed by atoms with Crippen LogP contribution in [0, 0.1) is 0 Å². The number of morpholine rings is 1. The topological polar surface area (TPSA) is 116 Å². The molecule has 1 aromatic carbocycles. The normalized spacial score (nSPS) is 25.6. The van der Waals surface area contributed by atoms with Gasteiger partial charge < -0.3 is 28.8 Å². The van der Waals surface area contributed by atoms with E-state index in [0.717, 1.165) is 56.8 Å². The maximum atomic E-state index is 11.8. The second-order valence-corrected chi connectivity index (χ2v) is 13.2. The summed E-state index contributed by atoms with van der Waals surface area (Å²) < 4.78 is 29.2. The lowest BCUT2D eigenvalue weighted by Gasteiger charge is -2.46. The lowest BCUT2D eigenvalue weighted by Crippen LogP contribution is -2.55. The average Bonchev–Trinajstić information content (AvgIpc) is 3.53. The van der Waals surface area contributed by atoms with Gasteiger partial charge in [0.1, 0.15) is 18.2 Å². The number of hydrogen-bond donors (Lipinski definition) is 1. The largest absolute Gasteiger partial charge is 0.481 e. The summed E-state index contributed by atoms with van der Waals surface area (Å²) in [5.41, 5.74) is 1.80. The first kappa shape index (κ1) is 33.3. The van der Waals surface area contributed by atoms with Crippen molar-refractivity contribution in [3.63, 3.8) is 0 Å². The highest BCUT2D eigenvalue weighted by molar-refractivity contribution is 9.10. The van der Waals surface area contributed by atoms with Crippen LogP contribution in [0.3, 0.4) is 0 Å². The molecule has 3 heterocycles. The van der Waals surface area contributed by atoms with E-state index in [1.807, 2.05) is 35.3 Å². The lowest BCUT2D eigenvalue weighted by molar-refractivity contribution is -0.142. The Kier molecular flexibility index (Phi) is 11.1. The summed E-state index contributed by atoms with van der Waals surface area (Å²) in [6.07, 6.45) is 8.39. The van der Waals surface area contributed by atoms with E-state index in [-0.39, 0.29) is 30.9 Å². The van der Waals surface area contributed by atoms with Gasteiger partial charge in [0.2, 0.25) is 11.8 Å². The van der Waals surface area contributed by atoms with Crippen LogP contribution in [0.5, 0.6) is 17.8 Å². The minimum absolute atomic E-state index is 0.0764. The lowest BCUT2D eigenvalue weighted by atomic mass is 9.77. The van der Waals surface area contributed by atoms with E-state index < -0.39 is 21.9 Å². The number of alkyl halides is 1. The molecule has 2 fully saturated rings. The number of allylic oxidation sites excluding steroid dienone is 2. The number of halogens is 1. The fraction of sp³-hybridized carbons (Fsp3) is 0.545. The van der Waals surface area contributed by atoms with Crippen LogP contribution in [0.25, 0.3) is 5.57 Å². The van der Waals surface area contributed by atoms with Crippen molar-refractivity contribution in [1.82, 2.24) is 19.8 Å². The minimum Gasteiger partial charge on any atom is -0.481 e. The van der Waals surface area contributed by atoms with E-state index in [2.05, 4.69) is 55.9 Å². The highest BCUT2D eigenvalue weighted by Gasteiger charge is 2.51. The first-order chi connectivity index (χ1) is 21.8. The van der Waals surface area contributed by atoms with Crippen molar-refractivity contribution in [2.75, 3.05) is 66.8 Å². The third-order valence-electron chi connectivity index (χ3n) is 8.82. The van der Waals surface area contributed by atoms with Crippen molar-refractivity contribution >= 4 is 27.5 Å². The van der Waals surface area contributed by atoms with Crippen LogP contribution >= 0.6 is 15.9 Å². The number of aliphatic carboxylic acids is 1. The molecular weight excluding hydrogens is 644 g/mol. The first-order valence-corrected chi connectivity index (χ1v) is 16.2. The molecule has 0 radical (unpaired) electrons. The van der Waals surface area contributed by atoms with Gasteiger partial charge >= 0.3 is 12.0 Å². The molecule has 3 atom stereocenters. The molecule has 3 aliphatic rings. The standard InChI is InChI=1S/C33H43BrN4O7/c1-32(34)26(24-10-5-4-6-11-24)12-7-14-33(32,45-19-9-15-37-17-20-43-21-18-37)23-44-31-35-28(41-2)25(29(36-31)42-3)22-38-16-8-13-27(38)30(39)40/h4-7,10-12,14,27H,8-9,13,15-23H2,1-3H3,(H,39,40)/t27-,32?,33?/m0/s1. The third kappa shape index (κ3) is 7.52. The second-order valence-electron chi connectivity index (χ2n) is 11.6. The summed E-state index contributed by atoms with van der Waals surface area (Å²) in [7, 11) is 3.03. The van der Waals surface area contributed by atoms with Crippen LogP contribution < -0.4 is 14.2 Å². The molecule has 0 spiro atoms. The van der Waals surface area contributed by atoms with Crippen molar-refractivity contribution in [3.05, 3.63) is 59.7 Å². The van der Waals surface area contributed by atoms with Crippen LogP contribution in [0.15, 0.2) is 48.6 Å². The Morgan fingerprint density at radius 1 is 1.11 bits per heavy atom. The van der Waals surface area contributed by atoms with Crippen molar-refractivity contribution in [3.8, 4) is 17.8 Å². The third-order valence-corrected chi connectivity index (χ3v) is 9.92. The van der Waals surface area contributed by atoms with Crippen LogP contribution in [0.2, 0.25) is 0 Å². The number of benzene rings is 1. The van der Waals surface area contributed by atoms with Gasteiger partial charge in [-0.3, -0.25) is 14.6 Å². The average molecular weight is 688 g/mol. The van der Waals surface area contributed by atoms with Crippen LogP contribution in [0.4, 0.5) is 0 Å². The molecule has 5 rings (SSSR count). The molecule has 2 aromatic rings. The summed E-state index contributed by atoms with van der Waals surface area (Å²) >= 11 is 4.06. The van der Waals surface area contributed by atoms with E-state index in [1.165, 1.54) is 14.2 Å². The highest BCUT2D eigenvalue weighted by Crippen LogP contribution is 2.48. The number of carboxylic acid groups (broad SMARTS) is 1. The van der Waals surface area contributed by atoms with Crippen molar-refractivity contribution in [2.45, 2.75) is 48.7 Å². The molecule has 11 nitrogen and oxygen atoms in total. The zero-order chi connectivity index (χ0) is 31.9. The van der Waals surface area contributed by atoms with Crippen molar-refractivity contribution < 1.29 is 33.6 Å². The van der Waals surface area contributed by atoms with Gasteiger partial charge in [-0.25, -0.2) is 0 Å². The van der Waals surface area contributed by atoms with E-state index in [4.69, 9.17) is 23.7 Å². The Balaban J connectivity index is 1.38. The zero-order valence-electron chi connectivity index (χ0n) is 26.2. The van der Waals surface area contributed by atoms with Gasteiger partial charge in [0, 0.05) is 32.8 Å². The van der Waals surface area contributed by atoms with Crippen LogP contribution in [-0.2, 0) is 20.8 Å². The number of aromatic nitrogens is 2. The molecular formula is C33H43BrN4O7. The van der Waals surface area contributed by atoms with Gasteiger partial charge in [-0.2, -0.15) is 9.97 Å². The number of rotatable bonds is 14. The van der Waals surface area contributed by atoms with E-state index in [0.29, 0.717) is 25.1 Å². The Morgan fingerprint density at radius 3 is 2.49 bits per heavy atom. The number of carboxylic acids is 1. The number of methoxy groups -OCH3 is 2. The molecule has 0 saturated carbocycles. The first-order valence-electron chi connectivity index (χ1n) is 15.4. The Hall–Kier alpha value is -3.03. The maximum absolute atomic E-state index is 11.8. The SMILES string of the molecule is COc1nc(OCC2(OCCCN3CCOCC3)C=CC=C(c3ccccc3)C2(C)Br)nc(OC)c1CN1CCC[C@H]1C(=O)O. The second kappa shape index (κ2) is 15.0. The van der Waals surface area contributed by atoms with Gasteiger partial charge in [-0.15, -0.1) is 0 Å². The van der Waals surface area contributed by atoms with Crippen molar-refractivity contribution in [1.29, 1.82) is 0 Å². The Labute approximate surface area is 273 Å². The predicted molar refractivity (Wildman–Crippen MR) is 173 cm³/mol. The molecule has 244 valence electrons. The fourth-order valence-corrected chi connectivity index (χ4v) is 6.96. The molecule has 12 heteroatoms. The summed E-state index contributed by atoms with van der Waals surface area (Å²) in [6.45, 7) is 7.95. The molecule has 1 N–H and O–H groups in total. The number of hydrogen-bond acceptors (Lipinski definition) is 10. The number of carbonyl (C=O) groups is 1. The van der Waals surface area contributed by atoms with E-state index in [1.54, 1.807) is 0 Å². The molecule has 0 amide bonds. The highest BCUT2D eigenvalue weighted by atomic mass is 79.9. The molecule has 0 bridgehead atoms. The number of nitrogens with zero attached hydrogens (tertiary/aromatic N) is 4. The summed E-state index contributed by atoms with van der Waals surface area (Å²) in [5.74, 6) is -0.290. The van der Waals surface area contributed by atoms with Gasteiger partial charge in [-0.1, -0.05) is 58.4 Å². The molecule has 2 unspecified atom stereocenters. The summed E-state index contributed by atoms with van der Waals surface area (Å²) in [5, 5.41) is 9.67. The summed E-state index contributed by atoms with van der Waals surface area (Å²) in [6, 6.07) is 9.72. The monoisotopic (exact) mass is 686 g/mol. The van der Waals surface area contributed by atoms with Crippen molar-refractivity contribution in [2.24, 2.45) is 0 Å². The molecule has 1 aromatic heterocycles. The van der Waals surface area contributed by atoms with Crippen LogP contribution in [-0.4, -0.2) is 114 Å². The van der Waals surface area contributed by atoms with Crippen LogP contribution in [0.1, 0.15) is 37.3 Å². The van der Waals surface area contributed by atoms with E-state index >= 15 is 0 Å². The van der Waals surface area contributed by atoms with Gasteiger partial charge in [0.05, 0.1) is 37.3 Å². The molecule has 2 saturated heterocycles. The Bertz CT molecular complexity index is 1340. The smallest absolute Gasteiger partial charge is 0.323 e. The maximum Gasteiger partial charge on any atom is 0.323 e. The number of ether oxygens (including phenoxy) is 5. The summed E-state index contributed by atoms with van der Waals surface area (Å²) in [4.78, 5) is 25.2. The quantitative estimate of drug-likeness (QED) is 0.228. The van der Waals surface area contributed by atoms with Gasteiger partial charge in [0.25, 0.3) is 0 Å². The fourth-order valence-electron chi connectivity index (χ4n) is 6.23.